The molecule has 0 bridgehead atoms. The van der Waals surface area contributed by atoms with Gasteiger partial charge in [-0.25, -0.2) is 4.79 Å². The van der Waals surface area contributed by atoms with Gasteiger partial charge in [0, 0.05) is 6.54 Å². The second kappa shape index (κ2) is 5.40. The van der Waals surface area contributed by atoms with Crippen molar-refractivity contribution in [2.24, 2.45) is 5.41 Å². The maximum absolute atomic E-state index is 12.2. The Bertz CT molecular complexity index is 495. The van der Waals surface area contributed by atoms with Gasteiger partial charge in [0.25, 0.3) is 0 Å². The quantitative estimate of drug-likeness (QED) is 0.787. The molecule has 1 aliphatic carbocycles. The Morgan fingerprint density at radius 2 is 2.00 bits per heavy atom. The molecule has 1 saturated carbocycles. The summed E-state index contributed by atoms with van der Waals surface area (Å²) in [5.74, 6) is -0.493. The van der Waals surface area contributed by atoms with Gasteiger partial charge in [-0.05, 0) is 32.0 Å². The van der Waals surface area contributed by atoms with Crippen molar-refractivity contribution in [2.45, 2.75) is 12.8 Å². The molecule has 19 heavy (non-hydrogen) atoms. The minimum absolute atomic E-state index is 0.0433. The van der Waals surface area contributed by atoms with Crippen molar-refractivity contribution < 1.29 is 14.3 Å². The maximum atomic E-state index is 12.2. The molecule has 5 nitrogen and oxygen atoms in total. The molecule has 1 fully saturated rings. The van der Waals surface area contributed by atoms with E-state index in [-0.39, 0.29) is 11.3 Å². The van der Waals surface area contributed by atoms with Gasteiger partial charge in [0.2, 0.25) is 5.91 Å². The smallest absolute Gasteiger partial charge is 0.339 e. The number of carbonyl (C=O) groups is 2. The van der Waals surface area contributed by atoms with Crippen molar-refractivity contribution in [3.8, 4) is 0 Å². The molecule has 0 radical (unpaired) electrons. The second-order valence-corrected chi connectivity index (χ2v) is 4.80. The third-order valence-corrected chi connectivity index (χ3v) is 3.43. The molecule has 0 unspecified atom stereocenters. The Kier molecular flexibility index (Phi) is 3.85. The summed E-state index contributed by atoms with van der Waals surface area (Å²) in [6.07, 6.45) is 1.75. The van der Waals surface area contributed by atoms with E-state index in [1.807, 2.05) is 7.05 Å². The van der Waals surface area contributed by atoms with E-state index in [4.69, 9.17) is 4.74 Å². The fourth-order valence-corrected chi connectivity index (χ4v) is 2.11. The molecule has 2 N–H and O–H groups in total. The van der Waals surface area contributed by atoms with E-state index in [2.05, 4.69) is 10.6 Å². The molecule has 1 amide bonds. The van der Waals surface area contributed by atoms with E-state index >= 15 is 0 Å². The molecule has 1 aromatic rings. The fourth-order valence-electron chi connectivity index (χ4n) is 2.11. The lowest BCUT2D eigenvalue weighted by molar-refractivity contribution is -0.120. The lowest BCUT2D eigenvalue weighted by atomic mass is 10.1. The Morgan fingerprint density at radius 1 is 1.32 bits per heavy atom. The maximum Gasteiger partial charge on any atom is 0.339 e. The number of anilines is 1. The number of carbonyl (C=O) groups excluding carboxylic acids is 2. The van der Waals surface area contributed by atoms with E-state index in [0.717, 1.165) is 12.8 Å². The van der Waals surface area contributed by atoms with Gasteiger partial charge < -0.3 is 15.4 Å². The van der Waals surface area contributed by atoms with Gasteiger partial charge in [0.05, 0.1) is 23.8 Å². The number of para-hydroxylation sites is 1. The molecule has 5 heteroatoms. The molecule has 1 aliphatic rings. The third-order valence-electron chi connectivity index (χ3n) is 3.43. The van der Waals surface area contributed by atoms with Crippen LogP contribution in [0.2, 0.25) is 0 Å². The summed E-state index contributed by atoms with van der Waals surface area (Å²) < 4.78 is 4.70. The van der Waals surface area contributed by atoms with Crippen LogP contribution in [0.5, 0.6) is 0 Å². The van der Waals surface area contributed by atoms with Crippen LogP contribution in [0.3, 0.4) is 0 Å². The zero-order valence-corrected chi connectivity index (χ0v) is 11.2. The van der Waals surface area contributed by atoms with Gasteiger partial charge in [-0.2, -0.15) is 0 Å². The van der Waals surface area contributed by atoms with Crippen molar-refractivity contribution in [1.82, 2.24) is 5.32 Å². The summed E-state index contributed by atoms with van der Waals surface area (Å²) in [6.45, 7) is 0.652. The summed E-state index contributed by atoms with van der Waals surface area (Å²) in [6, 6.07) is 6.86. The molecule has 0 atom stereocenters. The van der Waals surface area contributed by atoms with Crippen LogP contribution >= 0.6 is 0 Å². The first-order valence-corrected chi connectivity index (χ1v) is 6.26. The summed E-state index contributed by atoms with van der Waals surface area (Å²) in [7, 11) is 3.15. The molecule has 0 saturated heterocycles. The van der Waals surface area contributed by atoms with Gasteiger partial charge in [0.15, 0.2) is 0 Å². The van der Waals surface area contributed by atoms with Crippen molar-refractivity contribution in [1.29, 1.82) is 0 Å². The Balaban J connectivity index is 2.15. The van der Waals surface area contributed by atoms with Gasteiger partial charge >= 0.3 is 5.97 Å². The first-order valence-electron chi connectivity index (χ1n) is 6.26. The molecule has 102 valence electrons. The monoisotopic (exact) mass is 262 g/mol. The molecule has 0 heterocycles. The standard InChI is InChI=1S/C14H18N2O3/c1-15-9-14(7-8-14)13(18)16-11-6-4-3-5-10(11)12(17)19-2/h3-6,15H,7-9H2,1-2H3,(H,16,18). The van der Waals surface area contributed by atoms with E-state index in [1.54, 1.807) is 24.3 Å². The SMILES string of the molecule is CNCC1(C(=O)Nc2ccccc2C(=O)OC)CC1. The topological polar surface area (TPSA) is 67.4 Å². The highest BCUT2D eigenvalue weighted by molar-refractivity contribution is 6.03. The number of hydrogen-bond acceptors (Lipinski definition) is 4. The first kappa shape index (κ1) is 13.5. The van der Waals surface area contributed by atoms with Gasteiger partial charge in [-0.1, -0.05) is 12.1 Å². The molecule has 0 spiro atoms. The van der Waals surface area contributed by atoms with Crippen LogP contribution in [-0.4, -0.2) is 32.6 Å². The number of methoxy groups -OCH3 is 1. The number of amides is 1. The number of hydrogen-bond donors (Lipinski definition) is 2. The zero-order valence-electron chi connectivity index (χ0n) is 11.2. The zero-order chi connectivity index (χ0) is 13.9. The molecule has 1 aromatic carbocycles. The fraction of sp³-hybridized carbons (Fsp3) is 0.429. The lowest BCUT2D eigenvalue weighted by Gasteiger charge is -2.16. The number of rotatable bonds is 5. The Morgan fingerprint density at radius 3 is 2.58 bits per heavy atom. The van der Waals surface area contributed by atoms with Crippen LogP contribution in [0.15, 0.2) is 24.3 Å². The van der Waals surface area contributed by atoms with E-state index in [1.165, 1.54) is 7.11 Å². The molecule has 0 aromatic heterocycles. The average molecular weight is 262 g/mol. The normalized spacial score (nSPS) is 15.7. The highest BCUT2D eigenvalue weighted by Crippen LogP contribution is 2.46. The summed E-state index contributed by atoms with van der Waals surface area (Å²) in [4.78, 5) is 23.9. The van der Waals surface area contributed by atoms with Crippen molar-refractivity contribution in [3.63, 3.8) is 0 Å². The Labute approximate surface area is 112 Å². The van der Waals surface area contributed by atoms with Crippen LogP contribution in [0, 0.1) is 5.41 Å². The molecular formula is C14H18N2O3. The third kappa shape index (κ3) is 2.76. The average Bonchev–Trinajstić information content (AvgIpc) is 3.20. The second-order valence-electron chi connectivity index (χ2n) is 4.80. The van der Waals surface area contributed by atoms with Gasteiger partial charge in [0.1, 0.15) is 0 Å². The summed E-state index contributed by atoms with van der Waals surface area (Å²) in [5.41, 5.74) is 0.554. The molecule has 0 aliphatic heterocycles. The van der Waals surface area contributed by atoms with Crippen LogP contribution in [0.1, 0.15) is 23.2 Å². The highest BCUT2D eigenvalue weighted by Gasteiger charge is 2.49. The first-order chi connectivity index (χ1) is 9.13. The number of esters is 1. The van der Waals surface area contributed by atoms with Crippen LogP contribution < -0.4 is 10.6 Å². The predicted molar refractivity (Wildman–Crippen MR) is 72.0 cm³/mol. The van der Waals surface area contributed by atoms with Crippen LogP contribution in [0.4, 0.5) is 5.69 Å². The number of ether oxygens (including phenoxy) is 1. The lowest BCUT2D eigenvalue weighted by Crippen LogP contribution is -2.33. The summed E-state index contributed by atoms with van der Waals surface area (Å²) in [5, 5.41) is 5.87. The molecular weight excluding hydrogens is 244 g/mol. The predicted octanol–water partition coefficient (Wildman–Crippen LogP) is 1.41. The minimum Gasteiger partial charge on any atom is -0.465 e. The van der Waals surface area contributed by atoms with Crippen LogP contribution in [0.25, 0.3) is 0 Å². The molecule has 2 rings (SSSR count). The van der Waals surface area contributed by atoms with Gasteiger partial charge in [-0.15, -0.1) is 0 Å². The van der Waals surface area contributed by atoms with E-state index < -0.39 is 5.97 Å². The minimum atomic E-state index is -0.450. The highest BCUT2D eigenvalue weighted by atomic mass is 16.5. The number of benzene rings is 1. The number of nitrogens with one attached hydrogen (secondary N) is 2. The summed E-state index contributed by atoms with van der Waals surface area (Å²) >= 11 is 0. The van der Waals surface area contributed by atoms with Gasteiger partial charge in [-0.3, -0.25) is 4.79 Å². The van der Waals surface area contributed by atoms with Crippen LogP contribution in [-0.2, 0) is 9.53 Å². The van der Waals surface area contributed by atoms with Crippen molar-refractivity contribution in [3.05, 3.63) is 29.8 Å². The van der Waals surface area contributed by atoms with Crippen molar-refractivity contribution in [2.75, 3.05) is 26.0 Å². The largest absolute Gasteiger partial charge is 0.465 e. The van der Waals surface area contributed by atoms with E-state index in [0.29, 0.717) is 17.8 Å². The van der Waals surface area contributed by atoms with Crippen molar-refractivity contribution >= 4 is 17.6 Å². The Hall–Kier alpha value is -1.88. The van der Waals surface area contributed by atoms with E-state index in [9.17, 15) is 9.59 Å².